The molecule has 4 amide bonds. The number of piperidine rings is 1. The van der Waals surface area contributed by atoms with Crippen LogP contribution in [0.3, 0.4) is 0 Å². The van der Waals surface area contributed by atoms with Crippen LogP contribution in [-0.2, 0) is 9.59 Å². The zero-order valence-corrected chi connectivity index (χ0v) is 25.5. The highest BCUT2D eigenvalue weighted by Gasteiger charge is 2.42. The molecule has 2 atom stereocenters. The predicted molar refractivity (Wildman–Crippen MR) is 156 cm³/mol. The Hall–Kier alpha value is -3.48. The van der Waals surface area contributed by atoms with Gasteiger partial charge in [0.15, 0.2) is 5.60 Å². The summed E-state index contributed by atoms with van der Waals surface area (Å²) in [5.41, 5.74) is -0.0232. The number of rotatable bonds is 11. The average molecular weight is 608 g/mol. The third kappa shape index (κ3) is 7.36. The molecule has 1 aromatic carbocycles. The summed E-state index contributed by atoms with van der Waals surface area (Å²) >= 11 is 0. The number of aryl methyl sites for hydroxylation is 1. The Bertz CT molecular complexity index is 1240. The fraction of sp³-hybridized carbons (Fsp3) is 0.667. The Labute approximate surface area is 250 Å². The van der Waals surface area contributed by atoms with Crippen LogP contribution < -0.4 is 20.3 Å². The van der Waals surface area contributed by atoms with Crippen LogP contribution in [0.2, 0.25) is 0 Å². The van der Waals surface area contributed by atoms with E-state index in [9.17, 15) is 33.1 Å². The summed E-state index contributed by atoms with van der Waals surface area (Å²) in [5, 5.41) is 15.6. The van der Waals surface area contributed by atoms with Crippen molar-refractivity contribution in [3.63, 3.8) is 0 Å². The van der Waals surface area contributed by atoms with Gasteiger partial charge in [0, 0.05) is 43.3 Å². The lowest BCUT2D eigenvalue weighted by Gasteiger charge is -2.44. The summed E-state index contributed by atoms with van der Waals surface area (Å²) in [5.74, 6) is -1.83. The number of carbonyl (C=O) groups excluding carboxylic acids is 3. The van der Waals surface area contributed by atoms with Crippen LogP contribution in [0.5, 0.6) is 5.75 Å². The number of nitrogens with zero attached hydrogens (tertiary/aromatic N) is 3. The van der Waals surface area contributed by atoms with Crippen molar-refractivity contribution in [2.24, 2.45) is 0 Å². The van der Waals surface area contributed by atoms with E-state index in [1.54, 1.807) is 37.8 Å². The van der Waals surface area contributed by atoms with Gasteiger partial charge in [-0.1, -0.05) is 0 Å². The van der Waals surface area contributed by atoms with Gasteiger partial charge in [-0.3, -0.25) is 14.4 Å². The number of nitrogens with one attached hydrogen (secondary N) is 2. The van der Waals surface area contributed by atoms with Crippen molar-refractivity contribution < 1.29 is 37.8 Å². The summed E-state index contributed by atoms with van der Waals surface area (Å²) in [6.07, 6.45) is 0.144. The van der Waals surface area contributed by atoms with Gasteiger partial charge < -0.3 is 35.2 Å². The second kappa shape index (κ2) is 13.0. The number of hydrogen-bond donors (Lipinski definition) is 3. The molecule has 1 saturated heterocycles. The molecule has 0 unspecified atom stereocenters. The van der Waals surface area contributed by atoms with Crippen LogP contribution in [0.25, 0.3) is 0 Å². The lowest BCUT2D eigenvalue weighted by molar-refractivity contribution is -0.133. The summed E-state index contributed by atoms with van der Waals surface area (Å²) in [6.45, 7) is 9.34. The van der Waals surface area contributed by atoms with Crippen molar-refractivity contribution >= 4 is 29.5 Å². The molecule has 2 aliphatic heterocycles. The average Bonchev–Trinajstić information content (AvgIpc) is 3.75. The second-order valence-corrected chi connectivity index (χ2v) is 12.4. The Morgan fingerprint density at radius 2 is 1.84 bits per heavy atom. The number of ether oxygens (including phenoxy) is 1. The molecule has 238 valence electrons. The van der Waals surface area contributed by atoms with E-state index in [0.717, 1.165) is 19.4 Å². The highest BCUT2D eigenvalue weighted by molar-refractivity contribution is 6.05. The number of carboxylic acid groups (broad SMARTS) is 1. The van der Waals surface area contributed by atoms with Gasteiger partial charge in [0.25, 0.3) is 17.7 Å². The highest BCUT2D eigenvalue weighted by Crippen LogP contribution is 2.40. The van der Waals surface area contributed by atoms with E-state index >= 15 is 0 Å². The maximum Gasteiger partial charge on any atom is 0.407 e. The molecular weight excluding hydrogens is 564 g/mol. The summed E-state index contributed by atoms with van der Waals surface area (Å²) in [7, 11) is 0. The quantitative estimate of drug-likeness (QED) is 0.352. The first-order chi connectivity index (χ1) is 20.2. The number of alkyl halides is 2. The van der Waals surface area contributed by atoms with Crippen molar-refractivity contribution in [1.29, 1.82) is 0 Å². The first-order valence-electron chi connectivity index (χ1n) is 15.0. The molecule has 1 aromatic rings. The molecule has 2 fully saturated rings. The SMILES string of the molecule is Cc1cc2c(cc1C(=O)N(C(C)C)[C@@H]1CC[C@H](CCNC3CC3)N(C(=O)O)C1)N(CCNC(=O)C(F)F)C(=O)C(C)(C)O2. The van der Waals surface area contributed by atoms with E-state index in [0.29, 0.717) is 47.9 Å². The molecule has 2 heterocycles. The van der Waals surface area contributed by atoms with E-state index in [2.05, 4.69) is 10.6 Å². The molecule has 1 saturated carbocycles. The standard InChI is InChI=1S/C30H43F2N5O6/c1-17(2)37(21-9-8-20(36(16-21)29(41)42)10-11-33-19-6-7-19)27(39)22-15-23-24(14-18(22)3)43-30(4,5)28(40)35(23)13-12-34-26(38)25(31)32/h14-15,17,19-21,25,33H,6-13,16H2,1-5H3,(H,34,38)(H,41,42)/t20-,21-/m1/s1. The highest BCUT2D eigenvalue weighted by atomic mass is 19.3. The molecule has 0 bridgehead atoms. The Morgan fingerprint density at radius 1 is 1.14 bits per heavy atom. The first kappa shape index (κ1) is 32.4. The number of anilines is 1. The number of benzene rings is 1. The lowest BCUT2D eigenvalue weighted by atomic mass is 9.93. The van der Waals surface area contributed by atoms with Crippen molar-refractivity contribution in [3.8, 4) is 5.75 Å². The van der Waals surface area contributed by atoms with Gasteiger partial charge in [-0.15, -0.1) is 0 Å². The zero-order chi connectivity index (χ0) is 31.6. The topological polar surface area (TPSA) is 132 Å². The monoisotopic (exact) mass is 607 g/mol. The van der Waals surface area contributed by atoms with E-state index < -0.39 is 29.9 Å². The molecule has 11 nitrogen and oxygen atoms in total. The van der Waals surface area contributed by atoms with Gasteiger partial charge in [-0.05, 0) is 91.0 Å². The molecule has 0 spiro atoms. The van der Waals surface area contributed by atoms with Crippen LogP contribution >= 0.6 is 0 Å². The zero-order valence-electron chi connectivity index (χ0n) is 25.5. The predicted octanol–water partition coefficient (Wildman–Crippen LogP) is 3.38. The summed E-state index contributed by atoms with van der Waals surface area (Å²) in [6, 6.07) is 3.07. The number of carbonyl (C=O) groups is 4. The minimum atomic E-state index is -3.18. The minimum Gasteiger partial charge on any atom is -0.476 e. The maximum absolute atomic E-state index is 14.2. The van der Waals surface area contributed by atoms with Gasteiger partial charge >= 0.3 is 12.5 Å². The molecule has 1 aliphatic carbocycles. The van der Waals surface area contributed by atoms with Crippen LogP contribution in [0.4, 0.5) is 19.3 Å². The fourth-order valence-corrected chi connectivity index (χ4v) is 6.01. The fourth-order valence-electron chi connectivity index (χ4n) is 6.01. The molecule has 13 heteroatoms. The molecule has 4 rings (SSSR count). The van der Waals surface area contributed by atoms with Crippen LogP contribution in [0.15, 0.2) is 12.1 Å². The molecule has 0 radical (unpaired) electrons. The molecule has 43 heavy (non-hydrogen) atoms. The van der Waals surface area contributed by atoms with Crippen molar-refractivity contribution in [2.75, 3.05) is 31.1 Å². The van der Waals surface area contributed by atoms with Crippen molar-refractivity contribution in [3.05, 3.63) is 23.3 Å². The second-order valence-electron chi connectivity index (χ2n) is 12.4. The number of likely N-dealkylation sites (tertiary alicyclic amines) is 1. The van der Waals surface area contributed by atoms with E-state index in [1.165, 1.54) is 9.80 Å². The third-order valence-electron chi connectivity index (χ3n) is 8.38. The van der Waals surface area contributed by atoms with E-state index in [4.69, 9.17) is 4.74 Å². The molecule has 3 N–H and O–H groups in total. The van der Waals surface area contributed by atoms with Crippen molar-refractivity contribution in [1.82, 2.24) is 20.4 Å². The van der Waals surface area contributed by atoms with Crippen molar-refractivity contribution in [2.45, 2.75) is 103 Å². The van der Waals surface area contributed by atoms with Crippen LogP contribution in [-0.4, -0.2) is 101 Å². The third-order valence-corrected chi connectivity index (χ3v) is 8.38. The Kier molecular flexibility index (Phi) is 9.83. The van der Waals surface area contributed by atoms with Gasteiger partial charge in [0.2, 0.25) is 0 Å². The maximum atomic E-state index is 14.2. The molecule has 3 aliphatic rings. The first-order valence-corrected chi connectivity index (χ1v) is 15.0. The molecule has 0 aromatic heterocycles. The summed E-state index contributed by atoms with van der Waals surface area (Å²) < 4.78 is 31.4. The van der Waals surface area contributed by atoms with Gasteiger partial charge in [0.1, 0.15) is 5.75 Å². The van der Waals surface area contributed by atoms with Gasteiger partial charge in [-0.25, -0.2) is 4.79 Å². The smallest absolute Gasteiger partial charge is 0.407 e. The lowest BCUT2D eigenvalue weighted by Crippen LogP contribution is -2.57. The Balaban J connectivity index is 1.57. The molecular formula is C30H43F2N5O6. The Morgan fingerprint density at radius 3 is 2.44 bits per heavy atom. The van der Waals surface area contributed by atoms with Crippen LogP contribution in [0.1, 0.15) is 75.7 Å². The minimum absolute atomic E-state index is 0.102. The van der Waals surface area contributed by atoms with E-state index in [1.807, 2.05) is 13.8 Å². The number of amides is 4. The van der Waals surface area contributed by atoms with Gasteiger partial charge in [0.05, 0.1) is 11.7 Å². The summed E-state index contributed by atoms with van der Waals surface area (Å²) in [4.78, 5) is 55.6. The normalized spacial score (nSPS) is 21.5. The number of hydrogen-bond acceptors (Lipinski definition) is 6. The van der Waals surface area contributed by atoms with E-state index in [-0.39, 0.29) is 43.7 Å². The van der Waals surface area contributed by atoms with Crippen LogP contribution in [0, 0.1) is 6.92 Å². The number of halogens is 2. The number of fused-ring (bicyclic) bond motifs is 1. The largest absolute Gasteiger partial charge is 0.476 e. The van der Waals surface area contributed by atoms with Gasteiger partial charge in [-0.2, -0.15) is 8.78 Å².